The topological polar surface area (TPSA) is 147 Å². The molecule has 1 aliphatic heterocycles. The highest BCUT2D eigenvalue weighted by atomic mass is 32.2. The Morgan fingerprint density at radius 3 is 2.58 bits per heavy atom. The molecule has 0 unspecified atom stereocenters. The molecule has 1 heterocycles. The number of carbonyl (C=O) groups excluding carboxylic acids is 1. The molecule has 19 heavy (non-hydrogen) atoms. The third-order valence-electron chi connectivity index (χ3n) is 2.07. The molecule has 0 aliphatic carbocycles. The normalized spacial score (nSPS) is 15.2. The Hall–Kier alpha value is -2.46. The summed E-state index contributed by atoms with van der Waals surface area (Å²) in [5.41, 5.74) is 5.37. The second kappa shape index (κ2) is 4.66. The molecule has 2 rings (SSSR count). The van der Waals surface area contributed by atoms with E-state index in [1.807, 2.05) is 0 Å². The molecular formula is C9H7N5O4S. The molecule has 0 saturated carbocycles. The van der Waals surface area contributed by atoms with E-state index in [1.54, 1.807) is 0 Å². The third-order valence-corrected chi connectivity index (χ3v) is 2.98. The van der Waals surface area contributed by atoms with Crippen LogP contribution in [0.4, 0.5) is 11.4 Å². The SMILES string of the molecule is Nc1ccc(S(=O)(=O)O)c(N=NC2=CN=NC2=O)c1. The second-order valence-electron chi connectivity index (χ2n) is 3.44. The number of amides is 1. The van der Waals surface area contributed by atoms with Crippen LogP contribution in [-0.4, -0.2) is 18.9 Å². The first kappa shape index (κ1) is 13.0. The van der Waals surface area contributed by atoms with E-state index in [9.17, 15) is 13.2 Å². The van der Waals surface area contributed by atoms with Crippen molar-refractivity contribution in [3.05, 3.63) is 30.1 Å². The average molecular weight is 281 g/mol. The first-order valence-corrected chi connectivity index (χ1v) is 6.26. The molecule has 98 valence electrons. The Bertz CT molecular complexity index is 735. The Morgan fingerprint density at radius 1 is 1.26 bits per heavy atom. The first-order valence-electron chi connectivity index (χ1n) is 4.82. The van der Waals surface area contributed by atoms with Crippen LogP contribution in [0.5, 0.6) is 0 Å². The van der Waals surface area contributed by atoms with Crippen LogP contribution >= 0.6 is 0 Å². The fourth-order valence-electron chi connectivity index (χ4n) is 1.25. The van der Waals surface area contributed by atoms with E-state index in [0.29, 0.717) is 0 Å². The number of benzene rings is 1. The number of hydrogen-bond donors (Lipinski definition) is 2. The number of nitrogen functional groups attached to an aromatic ring is 1. The summed E-state index contributed by atoms with van der Waals surface area (Å²) in [6, 6.07) is 3.56. The van der Waals surface area contributed by atoms with Gasteiger partial charge in [0.2, 0.25) is 0 Å². The monoisotopic (exact) mass is 281 g/mol. The fraction of sp³-hybridized carbons (Fsp3) is 0. The van der Waals surface area contributed by atoms with Crippen LogP contribution in [-0.2, 0) is 14.9 Å². The van der Waals surface area contributed by atoms with Crippen LogP contribution in [0.25, 0.3) is 0 Å². The van der Waals surface area contributed by atoms with Gasteiger partial charge in [-0.2, -0.15) is 13.5 Å². The highest BCUT2D eigenvalue weighted by Gasteiger charge is 2.17. The van der Waals surface area contributed by atoms with Gasteiger partial charge in [-0.3, -0.25) is 9.35 Å². The summed E-state index contributed by atoms with van der Waals surface area (Å²) in [4.78, 5) is 10.6. The number of nitrogens with two attached hydrogens (primary N) is 1. The van der Waals surface area contributed by atoms with Gasteiger partial charge in [-0.05, 0) is 18.2 Å². The van der Waals surface area contributed by atoms with Gasteiger partial charge in [-0.1, -0.05) is 0 Å². The summed E-state index contributed by atoms with van der Waals surface area (Å²) in [6.07, 6.45) is 1.07. The molecule has 1 aromatic rings. The second-order valence-corrected chi connectivity index (χ2v) is 4.83. The van der Waals surface area contributed by atoms with Crippen LogP contribution in [0.1, 0.15) is 0 Å². The quantitative estimate of drug-likeness (QED) is 0.488. The molecule has 0 saturated heterocycles. The van der Waals surface area contributed by atoms with Gasteiger partial charge in [0.25, 0.3) is 10.1 Å². The Labute approximate surface area is 107 Å². The lowest BCUT2D eigenvalue weighted by atomic mass is 10.3. The maximum atomic E-state index is 11.1. The number of carbonyl (C=O) groups is 1. The van der Waals surface area contributed by atoms with Crippen molar-refractivity contribution in [3.8, 4) is 0 Å². The van der Waals surface area contributed by atoms with Crippen LogP contribution in [0, 0.1) is 0 Å². The van der Waals surface area contributed by atoms with Gasteiger partial charge in [-0.15, -0.1) is 15.3 Å². The molecule has 0 atom stereocenters. The van der Waals surface area contributed by atoms with Crippen molar-refractivity contribution in [2.45, 2.75) is 4.90 Å². The Morgan fingerprint density at radius 2 is 2.00 bits per heavy atom. The van der Waals surface area contributed by atoms with E-state index in [2.05, 4.69) is 20.5 Å². The Balaban J connectivity index is 2.42. The van der Waals surface area contributed by atoms with Crippen molar-refractivity contribution in [3.63, 3.8) is 0 Å². The molecule has 9 nitrogen and oxygen atoms in total. The summed E-state index contributed by atoms with van der Waals surface area (Å²) in [6.45, 7) is 0. The average Bonchev–Trinajstić information content (AvgIpc) is 2.70. The van der Waals surface area contributed by atoms with Gasteiger partial charge in [0, 0.05) is 5.69 Å². The summed E-state index contributed by atoms with van der Waals surface area (Å²) in [7, 11) is -4.47. The number of nitrogens with zero attached hydrogens (tertiary/aromatic N) is 4. The molecule has 0 fully saturated rings. The summed E-state index contributed by atoms with van der Waals surface area (Å²) in [5.74, 6) is -0.693. The van der Waals surface area contributed by atoms with E-state index in [1.165, 1.54) is 12.1 Å². The minimum atomic E-state index is -4.47. The molecule has 0 spiro atoms. The summed E-state index contributed by atoms with van der Waals surface area (Å²) >= 11 is 0. The third kappa shape index (κ3) is 2.86. The van der Waals surface area contributed by atoms with E-state index in [0.717, 1.165) is 12.3 Å². The lowest BCUT2D eigenvalue weighted by Gasteiger charge is -2.02. The van der Waals surface area contributed by atoms with Gasteiger partial charge >= 0.3 is 5.91 Å². The predicted molar refractivity (Wildman–Crippen MR) is 63.1 cm³/mol. The van der Waals surface area contributed by atoms with Gasteiger partial charge in [0.15, 0.2) is 5.70 Å². The zero-order valence-electron chi connectivity index (χ0n) is 9.26. The highest BCUT2D eigenvalue weighted by molar-refractivity contribution is 7.86. The highest BCUT2D eigenvalue weighted by Crippen LogP contribution is 2.27. The van der Waals surface area contributed by atoms with Gasteiger partial charge in [-0.25, -0.2) is 0 Å². The smallest absolute Gasteiger partial charge is 0.317 e. The molecule has 3 N–H and O–H groups in total. The van der Waals surface area contributed by atoms with E-state index >= 15 is 0 Å². The van der Waals surface area contributed by atoms with Gasteiger partial charge < -0.3 is 5.73 Å². The predicted octanol–water partition coefficient (Wildman–Crippen LogP) is 1.43. The molecule has 1 amide bonds. The lowest BCUT2D eigenvalue weighted by Crippen LogP contribution is -1.99. The number of hydrogen-bond acceptors (Lipinski definition) is 7. The lowest BCUT2D eigenvalue weighted by molar-refractivity contribution is -0.114. The summed E-state index contributed by atoms with van der Waals surface area (Å²) in [5, 5.41) is 13.6. The zero-order valence-corrected chi connectivity index (χ0v) is 10.1. The van der Waals surface area contributed by atoms with Crippen LogP contribution < -0.4 is 5.73 Å². The van der Waals surface area contributed by atoms with E-state index < -0.39 is 20.9 Å². The van der Waals surface area contributed by atoms with E-state index in [-0.39, 0.29) is 17.1 Å². The fourth-order valence-corrected chi connectivity index (χ4v) is 1.85. The minimum Gasteiger partial charge on any atom is -0.399 e. The van der Waals surface area contributed by atoms with Crippen molar-refractivity contribution < 1.29 is 17.8 Å². The molecule has 0 aromatic heterocycles. The minimum absolute atomic E-state index is 0.149. The largest absolute Gasteiger partial charge is 0.399 e. The standard InChI is InChI=1S/C9H7N5O4S/c10-5-1-2-8(19(16,17)18)6(3-5)12-13-7-4-11-14-9(7)15/h1-4H,10H2,(H,16,17,18). The number of rotatable bonds is 3. The molecular weight excluding hydrogens is 274 g/mol. The molecule has 0 radical (unpaired) electrons. The first-order chi connectivity index (χ1) is 8.88. The van der Waals surface area contributed by atoms with Crippen LogP contribution in [0.3, 0.4) is 0 Å². The maximum absolute atomic E-state index is 11.1. The van der Waals surface area contributed by atoms with Crippen molar-refractivity contribution >= 4 is 27.4 Å². The van der Waals surface area contributed by atoms with Crippen LogP contribution in [0.15, 0.2) is 55.4 Å². The van der Waals surface area contributed by atoms with Gasteiger partial charge in [0.1, 0.15) is 10.6 Å². The molecule has 0 bridgehead atoms. The van der Waals surface area contributed by atoms with E-state index in [4.69, 9.17) is 10.3 Å². The Kier molecular flexibility index (Phi) is 3.19. The number of anilines is 1. The molecule has 1 aliphatic rings. The maximum Gasteiger partial charge on any atom is 0.317 e. The molecule has 10 heteroatoms. The van der Waals surface area contributed by atoms with Crippen molar-refractivity contribution in [2.24, 2.45) is 20.5 Å². The number of azo groups is 2. The zero-order chi connectivity index (χ0) is 14.0. The summed E-state index contributed by atoms with van der Waals surface area (Å²) < 4.78 is 31.3. The van der Waals surface area contributed by atoms with Crippen molar-refractivity contribution in [1.82, 2.24) is 0 Å². The van der Waals surface area contributed by atoms with Crippen LogP contribution in [0.2, 0.25) is 0 Å². The molecule has 1 aromatic carbocycles. The van der Waals surface area contributed by atoms with Crippen molar-refractivity contribution in [1.29, 1.82) is 0 Å². The van der Waals surface area contributed by atoms with Gasteiger partial charge in [0.05, 0.1) is 6.20 Å². The van der Waals surface area contributed by atoms with Crippen molar-refractivity contribution in [2.75, 3.05) is 5.73 Å².